The van der Waals surface area contributed by atoms with Gasteiger partial charge in [0.05, 0.1) is 12.6 Å². The molecule has 0 atom stereocenters. The number of benzene rings is 1. The number of methoxy groups -OCH3 is 1. The highest BCUT2D eigenvalue weighted by atomic mass is 19.1. The number of halogens is 1. The number of carbonyl (C=O) groups is 1. The summed E-state index contributed by atoms with van der Waals surface area (Å²) in [5.41, 5.74) is -0.131. The van der Waals surface area contributed by atoms with Crippen molar-refractivity contribution < 1.29 is 13.9 Å². The quantitative estimate of drug-likeness (QED) is 0.830. The van der Waals surface area contributed by atoms with Crippen LogP contribution in [0.25, 0.3) is 0 Å². The lowest BCUT2D eigenvalue weighted by Crippen LogP contribution is -2.49. The van der Waals surface area contributed by atoms with Crippen molar-refractivity contribution in [3.63, 3.8) is 0 Å². The minimum Gasteiger partial charge on any atom is -0.494 e. The lowest BCUT2D eigenvalue weighted by molar-refractivity contribution is -0.128. The van der Waals surface area contributed by atoms with Gasteiger partial charge in [0, 0.05) is 6.42 Å². The van der Waals surface area contributed by atoms with Crippen LogP contribution in [0.5, 0.6) is 5.75 Å². The Morgan fingerprint density at radius 1 is 1.35 bits per heavy atom. The fourth-order valence-corrected chi connectivity index (χ4v) is 2.69. The van der Waals surface area contributed by atoms with E-state index in [1.165, 1.54) is 7.11 Å². The molecule has 1 aliphatic rings. The first-order chi connectivity index (χ1) is 9.46. The molecular weight excluding hydrogens is 257 g/mol. The van der Waals surface area contributed by atoms with E-state index < -0.39 is 11.4 Å². The van der Waals surface area contributed by atoms with Crippen LogP contribution in [0.4, 0.5) is 4.39 Å². The summed E-state index contributed by atoms with van der Waals surface area (Å²) in [7, 11) is 1.43. The molecule has 0 saturated carbocycles. The van der Waals surface area contributed by atoms with Crippen molar-refractivity contribution in [3.05, 3.63) is 29.6 Å². The summed E-state index contributed by atoms with van der Waals surface area (Å²) in [6, 6.07) is 4.93. The maximum Gasteiger partial charge on any atom is 0.168 e. The van der Waals surface area contributed by atoms with Crippen LogP contribution in [0.2, 0.25) is 0 Å². The number of hydrogen-bond acceptors (Lipinski definition) is 3. The first-order valence-electron chi connectivity index (χ1n) is 7.06. The predicted octanol–water partition coefficient (Wildman–Crippen LogP) is 2.82. The predicted molar refractivity (Wildman–Crippen MR) is 76.5 cm³/mol. The molecule has 1 heterocycles. The Labute approximate surface area is 119 Å². The molecule has 0 amide bonds. The molecule has 0 radical (unpaired) electrons. The van der Waals surface area contributed by atoms with Crippen molar-refractivity contribution in [2.45, 2.75) is 38.6 Å². The molecule has 3 nitrogen and oxygen atoms in total. The molecule has 20 heavy (non-hydrogen) atoms. The highest BCUT2D eigenvalue weighted by Gasteiger charge is 2.35. The minimum absolute atomic E-state index is 0.0477. The Bertz CT molecular complexity index is 493. The molecule has 0 unspecified atom stereocenters. The molecule has 1 aromatic rings. The third-order valence-corrected chi connectivity index (χ3v) is 4.19. The summed E-state index contributed by atoms with van der Waals surface area (Å²) in [6.07, 6.45) is 2.36. The van der Waals surface area contributed by atoms with E-state index in [0.717, 1.165) is 25.9 Å². The molecule has 1 fully saturated rings. The average molecular weight is 279 g/mol. The lowest BCUT2D eigenvalue weighted by Gasteiger charge is -2.34. The zero-order valence-corrected chi connectivity index (χ0v) is 12.4. The second-order valence-corrected chi connectivity index (χ2v) is 5.79. The number of ether oxygens (including phenoxy) is 1. The highest BCUT2D eigenvalue weighted by molar-refractivity contribution is 5.89. The van der Waals surface area contributed by atoms with Gasteiger partial charge in [-0.05, 0) is 51.4 Å². The third-order valence-electron chi connectivity index (χ3n) is 4.19. The number of rotatable bonds is 5. The third kappa shape index (κ3) is 2.85. The van der Waals surface area contributed by atoms with Crippen LogP contribution < -0.4 is 4.74 Å². The Morgan fingerprint density at radius 3 is 2.60 bits per heavy atom. The van der Waals surface area contributed by atoms with E-state index in [-0.39, 0.29) is 18.0 Å². The van der Waals surface area contributed by atoms with Crippen LogP contribution in [0.15, 0.2) is 18.2 Å². The van der Waals surface area contributed by atoms with E-state index in [9.17, 15) is 9.18 Å². The number of likely N-dealkylation sites (tertiary alicyclic amines) is 1. The summed E-state index contributed by atoms with van der Waals surface area (Å²) in [5, 5.41) is 0. The van der Waals surface area contributed by atoms with Crippen LogP contribution in [0.1, 0.15) is 32.3 Å². The van der Waals surface area contributed by atoms with Gasteiger partial charge in [-0.2, -0.15) is 0 Å². The molecule has 0 bridgehead atoms. The van der Waals surface area contributed by atoms with Crippen molar-refractivity contribution in [3.8, 4) is 5.75 Å². The minimum atomic E-state index is -0.536. The number of Topliss-reactive ketones (excluding diaryl/α,β-unsaturated/α-hetero) is 1. The van der Waals surface area contributed by atoms with Crippen molar-refractivity contribution in [2.24, 2.45) is 0 Å². The molecule has 0 aromatic heterocycles. The second-order valence-electron chi connectivity index (χ2n) is 5.79. The molecule has 0 spiro atoms. The molecule has 1 saturated heterocycles. The van der Waals surface area contributed by atoms with Gasteiger partial charge in [-0.15, -0.1) is 0 Å². The molecule has 1 aliphatic heterocycles. The molecular formula is C16H22FNO2. The number of carbonyl (C=O) groups excluding carboxylic acids is 1. The van der Waals surface area contributed by atoms with Gasteiger partial charge in [0.15, 0.2) is 17.3 Å². The fourth-order valence-electron chi connectivity index (χ4n) is 2.69. The molecule has 0 aliphatic carbocycles. The van der Waals surface area contributed by atoms with Gasteiger partial charge in [0.25, 0.3) is 0 Å². The normalized spacial score (nSPS) is 16.4. The van der Waals surface area contributed by atoms with Crippen molar-refractivity contribution >= 4 is 5.78 Å². The second kappa shape index (κ2) is 5.92. The van der Waals surface area contributed by atoms with Gasteiger partial charge >= 0.3 is 0 Å². The standard InChI is InChI=1S/C16H22FNO2/c1-16(2,18-9-4-5-10-18)14(19)11-12-7-6-8-13(20-3)15(12)17/h6-8H,4-5,9-11H2,1-3H3. The van der Waals surface area contributed by atoms with Gasteiger partial charge in [-0.1, -0.05) is 12.1 Å². The summed E-state index contributed by atoms with van der Waals surface area (Å²) < 4.78 is 19.1. The van der Waals surface area contributed by atoms with Crippen molar-refractivity contribution in [1.29, 1.82) is 0 Å². The van der Waals surface area contributed by atoms with Crippen LogP contribution >= 0.6 is 0 Å². The van der Waals surface area contributed by atoms with Crippen molar-refractivity contribution in [1.82, 2.24) is 4.90 Å². The van der Waals surface area contributed by atoms with E-state index in [4.69, 9.17) is 4.74 Å². The zero-order chi connectivity index (χ0) is 14.8. The van der Waals surface area contributed by atoms with Gasteiger partial charge in [-0.3, -0.25) is 9.69 Å². The van der Waals surface area contributed by atoms with E-state index in [2.05, 4.69) is 4.90 Å². The van der Waals surface area contributed by atoms with Crippen LogP contribution in [-0.4, -0.2) is 36.4 Å². The van der Waals surface area contributed by atoms with E-state index in [1.807, 2.05) is 13.8 Å². The fraction of sp³-hybridized carbons (Fsp3) is 0.562. The van der Waals surface area contributed by atoms with E-state index >= 15 is 0 Å². The van der Waals surface area contributed by atoms with Crippen LogP contribution in [0, 0.1) is 5.82 Å². The van der Waals surface area contributed by atoms with Crippen molar-refractivity contribution in [2.75, 3.05) is 20.2 Å². The largest absolute Gasteiger partial charge is 0.494 e. The van der Waals surface area contributed by atoms with E-state index in [1.54, 1.807) is 18.2 Å². The first kappa shape index (κ1) is 15.0. The first-order valence-corrected chi connectivity index (χ1v) is 7.06. The lowest BCUT2D eigenvalue weighted by atomic mass is 9.91. The Morgan fingerprint density at radius 2 is 2.00 bits per heavy atom. The maximum absolute atomic E-state index is 14.1. The number of hydrogen-bond donors (Lipinski definition) is 0. The summed E-state index contributed by atoms with van der Waals surface area (Å²) in [4.78, 5) is 14.7. The zero-order valence-electron chi connectivity index (χ0n) is 12.4. The molecule has 2 rings (SSSR count). The van der Waals surface area contributed by atoms with Gasteiger partial charge < -0.3 is 4.74 Å². The Balaban J connectivity index is 2.15. The molecule has 110 valence electrons. The monoisotopic (exact) mass is 279 g/mol. The Hall–Kier alpha value is -1.42. The topological polar surface area (TPSA) is 29.5 Å². The Kier molecular flexibility index (Phi) is 4.43. The molecule has 1 aromatic carbocycles. The average Bonchev–Trinajstić information content (AvgIpc) is 2.95. The summed E-state index contributed by atoms with van der Waals surface area (Å²) in [5.74, 6) is -0.193. The smallest absolute Gasteiger partial charge is 0.168 e. The summed E-state index contributed by atoms with van der Waals surface area (Å²) >= 11 is 0. The number of ketones is 1. The SMILES string of the molecule is COc1cccc(CC(=O)C(C)(C)N2CCCC2)c1F. The van der Waals surface area contributed by atoms with E-state index in [0.29, 0.717) is 5.56 Å². The molecule has 4 heteroatoms. The van der Waals surface area contributed by atoms with Gasteiger partial charge in [0.2, 0.25) is 0 Å². The highest BCUT2D eigenvalue weighted by Crippen LogP contribution is 2.26. The maximum atomic E-state index is 14.1. The molecule has 0 N–H and O–H groups in total. The summed E-state index contributed by atoms with van der Waals surface area (Å²) in [6.45, 7) is 5.75. The number of nitrogens with zero attached hydrogens (tertiary/aromatic N) is 1. The van der Waals surface area contributed by atoms with Gasteiger partial charge in [0.1, 0.15) is 0 Å². The van der Waals surface area contributed by atoms with Crippen LogP contribution in [-0.2, 0) is 11.2 Å². The van der Waals surface area contributed by atoms with Crippen LogP contribution in [0.3, 0.4) is 0 Å². The van der Waals surface area contributed by atoms with Gasteiger partial charge in [-0.25, -0.2) is 4.39 Å².